The van der Waals surface area contributed by atoms with Crippen molar-refractivity contribution in [1.82, 2.24) is 35.7 Å². The summed E-state index contributed by atoms with van der Waals surface area (Å²) in [5.41, 5.74) is 10.3. The summed E-state index contributed by atoms with van der Waals surface area (Å²) in [7, 11) is -3.18. The minimum absolute atomic E-state index is 0.00217. The second kappa shape index (κ2) is 12.3. The Morgan fingerprint density at radius 2 is 1.88 bits per heavy atom. The zero-order chi connectivity index (χ0) is 29.0. The Labute approximate surface area is 238 Å². The molecular weight excluding hydrogens is 547 g/mol. The molecule has 0 bridgehead atoms. The molecule has 3 aromatic rings. The molecule has 4 heterocycles. The van der Waals surface area contributed by atoms with Gasteiger partial charge in [-0.15, -0.1) is 5.53 Å². The van der Waals surface area contributed by atoms with Crippen molar-refractivity contribution in [2.24, 2.45) is 0 Å². The van der Waals surface area contributed by atoms with Gasteiger partial charge >= 0.3 is 0 Å². The maximum atomic E-state index is 14.7. The van der Waals surface area contributed by atoms with E-state index in [1.54, 1.807) is 35.6 Å². The first-order valence-electron chi connectivity index (χ1n) is 13.3. The monoisotopic (exact) mass is 580 g/mol. The number of hydrogen-bond acceptors (Lipinski definition) is 10. The summed E-state index contributed by atoms with van der Waals surface area (Å²) in [6, 6.07) is 10.1. The first kappa shape index (κ1) is 28.6. The van der Waals surface area contributed by atoms with Crippen LogP contribution in [0.4, 0.5) is 10.1 Å². The highest BCUT2D eigenvalue weighted by Crippen LogP contribution is 2.34. The molecule has 41 heavy (non-hydrogen) atoms. The number of piperidine rings is 1. The van der Waals surface area contributed by atoms with Crippen LogP contribution in [-0.4, -0.2) is 60.4 Å². The number of hydrazine groups is 2. The summed E-state index contributed by atoms with van der Waals surface area (Å²) in [6.07, 6.45) is 10.1. The lowest BCUT2D eigenvalue weighted by atomic mass is 10.1. The molecule has 1 fully saturated rings. The number of benzene rings is 1. The molecule has 0 aliphatic carbocycles. The predicted molar refractivity (Wildman–Crippen MR) is 155 cm³/mol. The van der Waals surface area contributed by atoms with Crippen LogP contribution in [0.1, 0.15) is 44.0 Å². The van der Waals surface area contributed by atoms with Crippen molar-refractivity contribution in [3.63, 3.8) is 0 Å². The molecule has 5 rings (SSSR count). The van der Waals surface area contributed by atoms with Crippen molar-refractivity contribution >= 4 is 32.7 Å². The van der Waals surface area contributed by atoms with E-state index in [1.807, 2.05) is 31.2 Å². The molecule has 0 atom stereocenters. The van der Waals surface area contributed by atoms with Crippen molar-refractivity contribution in [2.45, 2.75) is 32.7 Å². The Hall–Kier alpha value is -3.91. The molecule has 2 aromatic heterocycles. The van der Waals surface area contributed by atoms with Gasteiger partial charge in [0, 0.05) is 30.5 Å². The topological polar surface area (TPSA) is 129 Å². The zero-order valence-corrected chi connectivity index (χ0v) is 23.9. The van der Waals surface area contributed by atoms with Crippen LogP contribution in [0.5, 0.6) is 0 Å². The van der Waals surface area contributed by atoms with Gasteiger partial charge in [0.25, 0.3) is 5.89 Å². The minimum atomic E-state index is -3.18. The van der Waals surface area contributed by atoms with Crippen molar-refractivity contribution in [3.8, 4) is 0 Å². The van der Waals surface area contributed by atoms with E-state index < -0.39 is 15.8 Å². The molecule has 216 valence electrons. The lowest BCUT2D eigenvalue weighted by Crippen LogP contribution is -2.44. The van der Waals surface area contributed by atoms with Crippen molar-refractivity contribution in [1.29, 1.82) is 0 Å². The number of anilines is 1. The number of pyridine rings is 1. The second-order valence-electron chi connectivity index (χ2n) is 10.2. The zero-order valence-electron chi connectivity index (χ0n) is 23.1. The molecule has 13 heteroatoms. The largest absolute Gasteiger partial charge is 0.332 e. The molecular formula is C28H33FN8O3S. The van der Waals surface area contributed by atoms with E-state index in [4.69, 9.17) is 4.52 Å². The Bertz CT molecular complexity index is 1580. The average molecular weight is 581 g/mol. The third kappa shape index (κ3) is 7.06. The summed E-state index contributed by atoms with van der Waals surface area (Å²) < 4.78 is 46.0. The van der Waals surface area contributed by atoms with E-state index in [0.29, 0.717) is 22.9 Å². The van der Waals surface area contributed by atoms with Gasteiger partial charge in [0.1, 0.15) is 11.5 Å². The third-order valence-electron chi connectivity index (χ3n) is 6.85. The van der Waals surface area contributed by atoms with Crippen LogP contribution in [0, 0.1) is 5.82 Å². The van der Waals surface area contributed by atoms with Crippen LogP contribution in [-0.2, 0) is 10.0 Å². The Morgan fingerprint density at radius 1 is 1.15 bits per heavy atom. The lowest BCUT2D eigenvalue weighted by molar-refractivity contribution is 0.222. The fraction of sp³-hybridized carbons (Fsp3) is 0.321. The van der Waals surface area contributed by atoms with Crippen LogP contribution in [0.15, 0.2) is 71.0 Å². The van der Waals surface area contributed by atoms with Crippen LogP contribution in [0.2, 0.25) is 0 Å². The fourth-order valence-corrected chi connectivity index (χ4v) is 5.68. The molecule has 0 saturated carbocycles. The third-order valence-corrected chi connectivity index (χ3v) is 7.61. The number of allylic oxidation sites excluding steroid dienone is 3. The van der Waals surface area contributed by atoms with Gasteiger partial charge in [-0.3, -0.25) is 20.3 Å². The van der Waals surface area contributed by atoms with Crippen LogP contribution in [0.3, 0.4) is 0 Å². The number of para-hydroxylation sites is 1. The van der Waals surface area contributed by atoms with Gasteiger partial charge in [-0.1, -0.05) is 35.0 Å². The van der Waals surface area contributed by atoms with E-state index in [2.05, 4.69) is 42.6 Å². The van der Waals surface area contributed by atoms with Gasteiger partial charge in [0.15, 0.2) is 5.82 Å². The molecule has 11 nitrogen and oxygen atoms in total. The highest BCUT2D eigenvalue weighted by atomic mass is 32.2. The van der Waals surface area contributed by atoms with Crippen molar-refractivity contribution in [3.05, 3.63) is 89.6 Å². The number of nitrogens with one attached hydrogen (secondary N) is 3. The van der Waals surface area contributed by atoms with Gasteiger partial charge in [-0.2, -0.15) is 4.98 Å². The fourth-order valence-electron chi connectivity index (χ4n) is 4.83. The second-order valence-corrected chi connectivity index (χ2v) is 12.0. The van der Waals surface area contributed by atoms with Gasteiger partial charge in [0.05, 0.1) is 17.6 Å². The van der Waals surface area contributed by atoms with Crippen molar-refractivity contribution < 1.29 is 17.3 Å². The quantitative estimate of drug-likeness (QED) is 0.324. The normalized spacial score (nSPS) is 17.8. The molecule has 2 aliphatic heterocycles. The maximum absolute atomic E-state index is 14.7. The summed E-state index contributed by atoms with van der Waals surface area (Å²) in [5.74, 6) is 0.290. The molecule has 3 N–H and O–H groups in total. The number of halogens is 1. The van der Waals surface area contributed by atoms with E-state index in [-0.39, 0.29) is 11.9 Å². The van der Waals surface area contributed by atoms with Gasteiger partial charge in [-0.25, -0.2) is 17.5 Å². The SMILES string of the molecule is C/C(=C\C=C(/C)c1noc(C2=C(c3ccncc3)N(c3ccccc3F)NN2)n1)CN1CCC(NS(C)(=O)=O)CC1. The van der Waals surface area contributed by atoms with E-state index in [1.165, 1.54) is 12.3 Å². The summed E-state index contributed by atoms with van der Waals surface area (Å²) >= 11 is 0. The van der Waals surface area contributed by atoms with Gasteiger partial charge < -0.3 is 4.52 Å². The molecule has 0 spiro atoms. The van der Waals surface area contributed by atoms with Crippen LogP contribution >= 0.6 is 0 Å². The highest BCUT2D eigenvalue weighted by Gasteiger charge is 2.31. The van der Waals surface area contributed by atoms with Crippen LogP contribution in [0.25, 0.3) is 17.0 Å². The molecule has 1 aromatic carbocycles. The number of rotatable bonds is 9. The van der Waals surface area contributed by atoms with E-state index in [9.17, 15) is 12.8 Å². The molecule has 0 radical (unpaired) electrons. The molecule has 0 amide bonds. The number of sulfonamides is 1. The van der Waals surface area contributed by atoms with Crippen molar-refractivity contribution in [2.75, 3.05) is 30.9 Å². The maximum Gasteiger partial charge on any atom is 0.277 e. The van der Waals surface area contributed by atoms with Gasteiger partial charge in [-0.05, 0) is 69.6 Å². The smallest absolute Gasteiger partial charge is 0.277 e. The lowest BCUT2D eigenvalue weighted by Gasteiger charge is -2.32. The molecule has 2 aliphatic rings. The van der Waals surface area contributed by atoms with Crippen LogP contribution < -0.4 is 20.7 Å². The first-order valence-corrected chi connectivity index (χ1v) is 15.2. The Balaban J connectivity index is 1.31. The molecule has 1 saturated heterocycles. The predicted octanol–water partition coefficient (Wildman–Crippen LogP) is 3.32. The van der Waals surface area contributed by atoms with Gasteiger partial charge in [0.2, 0.25) is 10.0 Å². The summed E-state index contributed by atoms with van der Waals surface area (Å²) in [5, 5.41) is 5.77. The standard InChI is InChI=1S/C28H33FN8O3S/c1-19(18-36-16-12-22(13-17-36)34-41(3,38)39)8-9-20(2)27-31-28(40-33-27)25-26(21-10-14-30-15-11-21)37(35-32-25)24-7-5-4-6-23(24)29/h4-11,14-15,22,32,34-35H,12-13,16-18H2,1-3H3/b19-8+,20-9+. The Morgan fingerprint density at radius 3 is 2.59 bits per heavy atom. The van der Waals surface area contributed by atoms with E-state index >= 15 is 0 Å². The highest BCUT2D eigenvalue weighted by molar-refractivity contribution is 7.88. The average Bonchev–Trinajstić information content (AvgIpc) is 3.61. The number of hydrogen-bond donors (Lipinski definition) is 3. The number of likely N-dealkylation sites (tertiary alicyclic amines) is 1. The molecule has 0 unspecified atom stereocenters. The first-order chi connectivity index (χ1) is 19.7. The Kier molecular flexibility index (Phi) is 8.59. The summed E-state index contributed by atoms with van der Waals surface area (Å²) in [6.45, 7) is 6.41. The number of aromatic nitrogens is 3. The number of nitrogens with zero attached hydrogens (tertiary/aromatic N) is 5. The summed E-state index contributed by atoms with van der Waals surface area (Å²) in [4.78, 5) is 11.0. The minimum Gasteiger partial charge on any atom is -0.332 e. The van der Waals surface area contributed by atoms with E-state index in [0.717, 1.165) is 49.2 Å².